The number of hydrogen-bond acceptors (Lipinski definition) is 3. The van der Waals surface area contributed by atoms with Crippen molar-refractivity contribution in [2.24, 2.45) is 0 Å². The largest absolute Gasteiger partial charge is 0.451 e. The maximum Gasteiger partial charge on any atom is 0.179 e. The molecule has 3 nitrogen and oxygen atoms in total. The third-order valence-electron chi connectivity index (χ3n) is 4.44. The van der Waals surface area contributed by atoms with Gasteiger partial charge in [-0.2, -0.15) is 0 Å². The van der Waals surface area contributed by atoms with E-state index in [2.05, 4.69) is 30.3 Å². The van der Waals surface area contributed by atoms with Crippen LogP contribution in [-0.4, -0.2) is 16.3 Å². The Bertz CT molecular complexity index is 955. The third kappa shape index (κ3) is 1.39. The Kier molecular flexibility index (Phi) is 1.96. The summed E-state index contributed by atoms with van der Waals surface area (Å²) >= 11 is 0. The first-order chi connectivity index (χ1) is 10.2. The molecule has 5 rings (SSSR count). The molecule has 0 saturated heterocycles. The molecule has 3 aromatic rings. The summed E-state index contributed by atoms with van der Waals surface area (Å²) < 4.78 is 5.37. The molecule has 1 aliphatic carbocycles. The monoisotopic (exact) mass is 276 g/mol. The van der Waals surface area contributed by atoms with Crippen molar-refractivity contribution < 1.29 is 14.9 Å². The van der Waals surface area contributed by atoms with E-state index in [1.165, 1.54) is 10.8 Å². The summed E-state index contributed by atoms with van der Waals surface area (Å²) in [6.45, 7) is 0. The van der Waals surface area contributed by atoms with Gasteiger partial charge in [-0.05, 0) is 39.2 Å². The van der Waals surface area contributed by atoms with Gasteiger partial charge in [0, 0.05) is 5.56 Å². The summed E-state index contributed by atoms with van der Waals surface area (Å²) in [4.78, 5) is 0. The zero-order valence-electron chi connectivity index (χ0n) is 11.1. The van der Waals surface area contributed by atoms with Crippen molar-refractivity contribution in [2.75, 3.05) is 0 Å². The number of ether oxygens (including phenoxy) is 1. The second-order valence-electron chi connectivity index (χ2n) is 5.63. The molecule has 0 radical (unpaired) electrons. The molecule has 21 heavy (non-hydrogen) atoms. The van der Waals surface area contributed by atoms with Gasteiger partial charge >= 0.3 is 0 Å². The van der Waals surface area contributed by atoms with Crippen molar-refractivity contribution >= 4 is 27.3 Å². The predicted octanol–water partition coefficient (Wildman–Crippen LogP) is 3.10. The molecule has 0 unspecified atom stereocenters. The molecular weight excluding hydrogens is 264 g/mol. The van der Waals surface area contributed by atoms with Gasteiger partial charge in [0.05, 0.1) is 0 Å². The van der Waals surface area contributed by atoms with Gasteiger partial charge in [0.1, 0.15) is 12.2 Å². The summed E-state index contributed by atoms with van der Waals surface area (Å²) in [5, 5.41) is 24.7. The standard InChI is InChI=1S/C18H12O3/c19-15-13-7-10-6-5-9-3-1-2-4-11(9)12(10)8-14(13)17-18(21-17)16(15)20/h1-8,15-16,19-20H/t15-,16+/m0/s1. The van der Waals surface area contributed by atoms with E-state index in [-0.39, 0.29) is 0 Å². The number of hydrogen-bond donors (Lipinski definition) is 2. The fourth-order valence-electron chi connectivity index (χ4n) is 3.29. The van der Waals surface area contributed by atoms with Gasteiger partial charge in [-0.1, -0.05) is 36.4 Å². The Balaban J connectivity index is 1.90. The maximum absolute atomic E-state index is 10.2. The number of benzene rings is 3. The van der Waals surface area contributed by atoms with Crippen LogP contribution in [0.2, 0.25) is 0 Å². The minimum Gasteiger partial charge on any atom is -0.451 e. The smallest absolute Gasteiger partial charge is 0.179 e. The van der Waals surface area contributed by atoms with E-state index in [0.717, 1.165) is 27.7 Å². The first kappa shape index (κ1) is 11.3. The van der Waals surface area contributed by atoms with E-state index < -0.39 is 12.2 Å². The second kappa shape index (κ2) is 3.64. The Labute approximate surface area is 120 Å². The highest BCUT2D eigenvalue weighted by molar-refractivity contribution is 6.09. The number of aliphatic hydroxyl groups excluding tert-OH is 2. The van der Waals surface area contributed by atoms with Crippen LogP contribution in [0.15, 0.2) is 54.3 Å². The number of aliphatic hydroxyl groups is 2. The normalized spacial score (nSPS) is 23.0. The van der Waals surface area contributed by atoms with Gasteiger partial charge in [-0.15, -0.1) is 0 Å². The van der Waals surface area contributed by atoms with Crippen LogP contribution in [0.25, 0.3) is 27.3 Å². The lowest BCUT2D eigenvalue weighted by atomic mass is 9.89. The average molecular weight is 276 g/mol. The fraction of sp³-hybridized carbons (Fsp3) is 0.111. The Morgan fingerprint density at radius 3 is 2.52 bits per heavy atom. The van der Waals surface area contributed by atoms with Gasteiger partial charge in [0.25, 0.3) is 0 Å². The number of rotatable bonds is 0. The first-order valence-corrected chi connectivity index (χ1v) is 6.98. The molecule has 0 aromatic heterocycles. The highest BCUT2D eigenvalue weighted by Crippen LogP contribution is 2.50. The first-order valence-electron chi connectivity index (χ1n) is 6.98. The Morgan fingerprint density at radius 1 is 0.810 bits per heavy atom. The van der Waals surface area contributed by atoms with Crippen molar-refractivity contribution in [3.8, 4) is 0 Å². The summed E-state index contributed by atoms with van der Waals surface area (Å²) in [7, 11) is 0. The van der Waals surface area contributed by atoms with Crippen LogP contribution >= 0.6 is 0 Å². The highest BCUT2D eigenvalue weighted by Gasteiger charge is 2.44. The van der Waals surface area contributed by atoms with Gasteiger partial charge in [0.15, 0.2) is 11.5 Å². The highest BCUT2D eigenvalue weighted by atomic mass is 16.6. The van der Waals surface area contributed by atoms with E-state index in [0.29, 0.717) is 5.76 Å². The van der Waals surface area contributed by atoms with Crippen molar-refractivity contribution in [3.05, 3.63) is 65.4 Å². The fourth-order valence-corrected chi connectivity index (χ4v) is 3.29. The third-order valence-corrected chi connectivity index (χ3v) is 4.44. The van der Waals surface area contributed by atoms with E-state index in [9.17, 15) is 10.2 Å². The van der Waals surface area contributed by atoms with Gasteiger partial charge in [0.2, 0.25) is 0 Å². The van der Waals surface area contributed by atoms with Gasteiger partial charge < -0.3 is 14.9 Å². The van der Waals surface area contributed by atoms with Crippen LogP contribution in [0.3, 0.4) is 0 Å². The summed E-state index contributed by atoms with van der Waals surface area (Å²) in [5.74, 6) is 1.23. The van der Waals surface area contributed by atoms with Gasteiger partial charge in [-0.3, -0.25) is 0 Å². The summed E-state index contributed by atoms with van der Waals surface area (Å²) in [6.07, 6.45) is -1.86. The lowest BCUT2D eigenvalue weighted by molar-refractivity contribution is 0.0325. The van der Waals surface area contributed by atoms with Crippen molar-refractivity contribution in [2.45, 2.75) is 12.2 Å². The van der Waals surface area contributed by atoms with Crippen LogP contribution in [0, 0.1) is 0 Å². The van der Waals surface area contributed by atoms with Crippen LogP contribution in [0.1, 0.15) is 17.2 Å². The van der Waals surface area contributed by atoms with E-state index in [1.54, 1.807) is 0 Å². The Morgan fingerprint density at radius 2 is 1.62 bits per heavy atom. The molecule has 1 heterocycles. The van der Waals surface area contributed by atoms with E-state index >= 15 is 0 Å². The lowest BCUT2D eigenvalue weighted by Crippen LogP contribution is -2.20. The molecule has 0 bridgehead atoms. The topological polar surface area (TPSA) is 53.0 Å². The number of fused-ring (bicyclic) bond motifs is 5. The molecule has 0 spiro atoms. The quantitative estimate of drug-likeness (QED) is 0.620. The lowest BCUT2D eigenvalue weighted by Gasteiger charge is -2.19. The molecule has 0 saturated carbocycles. The SMILES string of the molecule is O[C@H]1C2=C(O2)c2cc3c(ccc4ccccc43)cc2[C@@H]1O. The molecule has 1 aliphatic heterocycles. The van der Waals surface area contributed by atoms with Crippen molar-refractivity contribution in [1.82, 2.24) is 0 Å². The molecule has 0 amide bonds. The van der Waals surface area contributed by atoms with Gasteiger partial charge in [-0.25, -0.2) is 0 Å². The van der Waals surface area contributed by atoms with Crippen LogP contribution in [-0.2, 0) is 4.74 Å². The molecule has 2 aliphatic rings. The minimum atomic E-state index is -0.939. The zero-order chi connectivity index (χ0) is 14.1. The Hall–Kier alpha value is -2.36. The van der Waals surface area contributed by atoms with Crippen molar-refractivity contribution in [1.29, 1.82) is 0 Å². The van der Waals surface area contributed by atoms with E-state index in [4.69, 9.17) is 4.74 Å². The maximum atomic E-state index is 10.2. The molecule has 2 N–H and O–H groups in total. The average Bonchev–Trinajstić information content (AvgIpc) is 3.32. The summed E-state index contributed by atoms with van der Waals surface area (Å²) in [5.41, 5.74) is 1.63. The molecule has 3 aromatic carbocycles. The minimum absolute atomic E-state index is 0.509. The summed E-state index contributed by atoms with van der Waals surface area (Å²) in [6, 6.07) is 16.4. The zero-order valence-corrected chi connectivity index (χ0v) is 11.1. The molecular formula is C18H12O3. The molecule has 3 heteroatoms. The molecule has 2 atom stereocenters. The van der Waals surface area contributed by atoms with Crippen LogP contribution in [0.4, 0.5) is 0 Å². The molecule has 0 fully saturated rings. The van der Waals surface area contributed by atoms with Crippen LogP contribution in [0.5, 0.6) is 0 Å². The molecule has 102 valence electrons. The van der Waals surface area contributed by atoms with Crippen LogP contribution < -0.4 is 0 Å². The van der Waals surface area contributed by atoms with E-state index in [1.807, 2.05) is 18.2 Å². The second-order valence-corrected chi connectivity index (χ2v) is 5.63. The predicted molar refractivity (Wildman–Crippen MR) is 80.4 cm³/mol. The van der Waals surface area contributed by atoms with Crippen molar-refractivity contribution in [3.63, 3.8) is 0 Å².